The molecule has 1 amide bonds. The normalized spacial score (nSPS) is 10.8. The van der Waals surface area contributed by atoms with Crippen LogP contribution in [0.3, 0.4) is 0 Å². The Morgan fingerprint density at radius 1 is 1.28 bits per heavy atom. The van der Waals surface area contributed by atoms with Crippen LogP contribution in [-0.2, 0) is 0 Å². The third-order valence-electron chi connectivity index (χ3n) is 3.63. The zero-order chi connectivity index (χ0) is 18.3. The van der Waals surface area contributed by atoms with Gasteiger partial charge in [0.1, 0.15) is 17.2 Å². The van der Waals surface area contributed by atoms with Crippen LogP contribution in [0.1, 0.15) is 10.4 Å². The summed E-state index contributed by atoms with van der Waals surface area (Å²) in [7, 11) is 1.30. The van der Waals surface area contributed by atoms with E-state index in [9.17, 15) is 28.8 Å². The van der Waals surface area contributed by atoms with Crippen LogP contribution in [0.25, 0.3) is 22.3 Å². The average molecular weight is 348 g/mol. The number of furan rings is 1. The van der Waals surface area contributed by atoms with Gasteiger partial charge in [-0.1, -0.05) is 0 Å². The molecule has 0 spiro atoms. The van der Waals surface area contributed by atoms with Crippen LogP contribution >= 0.6 is 0 Å². The van der Waals surface area contributed by atoms with E-state index in [2.05, 4.69) is 5.32 Å². The largest absolute Gasteiger partial charge is 0.500 e. The quantitative estimate of drug-likeness (QED) is 0.558. The predicted molar refractivity (Wildman–Crippen MR) is 83.3 cm³/mol. The third kappa shape index (κ3) is 2.55. The van der Waals surface area contributed by atoms with Crippen molar-refractivity contribution in [3.8, 4) is 17.1 Å². The first-order chi connectivity index (χ1) is 11.8. The van der Waals surface area contributed by atoms with E-state index in [0.29, 0.717) is 0 Å². The van der Waals surface area contributed by atoms with Gasteiger partial charge in [-0.2, -0.15) is 0 Å². The molecular weight excluding hydrogens is 338 g/mol. The van der Waals surface area contributed by atoms with Crippen LogP contribution < -0.4 is 5.32 Å². The Labute approximate surface area is 138 Å². The lowest BCUT2D eigenvalue weighted by molar-refractivity contribution is -0.386. The number of benzene rings is 2. The minimum atomic E-state index is -1.35. The number of rotatable bonds is 3. The molecule has 2 N–H and O–H groups in total. The van der Waals surface area contributed by atoms with Gasteiger partial charge in [-0.15, -0.1) is 0 Å². The molecule has 128 valence electrons. The molecule has 0 atom stereocenters. The highest BCUT2D eigenvalue weighted by molar-refractivity contribution is 6.12. The van der Waals surface area contributed by atoms with Crippen LogP contribution in [0.15, 0.2) is 34.7 Å². The number of nitro benzene ring substituents is 1. The van der Waals surface area contributed by atoms with Gasteiger partial charge in [0.25, 0.3) is 5.91 Å². The standard InChI is InChI=1S/C16H10F2N2O5/c1-19-16(22)12-11-10(6-9(20(23)24)14(21)13(11)18)25-15(12)7-2-4-8(17)5-3-7/h2-6,21H,1H3,(H,19,22). The monoisotopic (exact) mass is 348 g/mol. The van der Waals surface area contributed by atoms with Crippen molar-refractivity contribution in [2.45, 2.75) is 0 Å². The first-order valence-electron chi connectivity index (χ1n) is 6.95. The Kier molecular flexibility index (Phi) is 3.84. The Morgan fingerprint density at radius 2 is 1.92 bits per heavy atom. The molecule has 0 unspecified atom stereocenters. The first-order valence-corrected chi connectivity index (χ1v) is 6.95. The van der Waals surface area contributed by atoms with Crippen molar-refractivity contribution in [1.82, 2.24) is 5.32 Å². The number of phenolic OH excluding ortho intramolecular Hbond substituents is 1. The molecule has 0 aliphatic heterocycles. The molecule has 0 fully saturated rings. The van der Waals surface area contributed by atoms with Crippen molar-refractivity contribution in [2.24, 2.45) is 0 Å². The van der Waals surface area contributed by atoms with Crippen molar-refractivity contribution in [2.75, 3.05) is 7.05 Å². The van der Waals surface area contributed by atoms with Crippen molar-refractivity contribution >= 4 is 22.6 Å². The van der Waals surface area contributed by atoms with E-state index in [-0.39, 0.29) is 22.5 Å². The molecule has 3 aromatic rings. The Balaban J connectivity index is 2.41. The fourth-order valence-electron chi connectivity index (χ4n) is 2.48. The van der Waals surface area contributed by atoms with Gasteiger partial charge in [0.15, 0.2) is 5.82 Å². The number of carbonyl (C=O) groups is 1. The molecule has 1 heterocycles. The van der Waals surface area contributed by atoms with Gasteiger partial charge in [0.05, 0.1) is 21.9 Å². The van der Waals surface area contributed by atoms with Gasteiger partial charge < -0.3 is 14.8 Å². The summed E-state index contributed by atoms with van der Waals surface area (Å²) < 4.78 is 33.1. The number of nitrogens with zero attached hydrogens (tertiary/aromatic N) is 1. The Hall–Kier alpha value is -3.49. The van der Waals surface area contributed by atoms with E-state index in [0.717, 1.165) is 18.2 Å². The van der Waals surface area contributed by atoms with E-state index >= 15 is 0 Å². The van der Waals surface area contributed by atoms with E-state index in [1.54, 1.807) is 0 Å². The van der Waals surface area contributed by atoms with Crippen LogP contribution in [0, 0.1) is 21.7 Å². The average Bonchev–Trinajstić information content (AvgIpc) is 2.97. The molecule has 3 rings (SSSR count). The summed E-state index contributed by atoms with van der Waals surface area (Å²) in [4.78, 5) is 22.2. The van der Waals surface area contributed by atoms with Gasteiger partial charge in [0.2, 0.25) is 5.75 Å². The molecule has 1 aromatic heterocycles. The molecule has 2 aromatic carbocycles. The lowest BCUT2D eigenvalue weighted by atomic mass is 10.0. The zero-order valence-electron chi connectivity index (χ0n) is 12.7. The van der Waals surface area contributed by atoms with Crippen LogP contribution in [0.2, 0.25) is 0 Å². The molecule has 7 nitrogen and oxygen atoms in total. The lowest BCUT2D eigenvalue weighted by Crippen LogP contribution is -2.18. The second kappa shape index (κ2) is 5.86. The molecule has 0 bridgehead atoms. The number of aromatic hydroxyl groups is 1. The highest BCUT2D eigenvalue weighted by atomic mass is 19.1. The number of nitro groups is 1. The second-order valence-electron chi connectivity index (χ2n) is 5.08. The number of hydrogen-bond acceptors (Lipinski definition) is 5. The number of amides is 1. The van der Waals surface area contributed by atoms with Crippen LogP contribution in [0.5, 0.6) is 5.75 Å². The number of fused-ring (bicyclic) bond motifs is 1. The summed E-state index contributed by atoms with van der Waals surface area (Å²) in [5.74, 6) is -3.91. The summed E-state index contributed by atoms with van der Waals surface area (Å²) in [5, 5.41) is 22.6. The van der Waals surface area contributed by atoms with Gasteiger partial charge >= 0.3 is 5.69 Å². The van der Waals surface area contributed by atoms with Gasteiger partial charge in [0, 0.05) is 12.6 Å². The molecule has 0 aliphatic rings. The highest BCUT2D eigenvalue weighted by Gasteiger charge is 2.30. The summed E-state index contributed by atoms with van der Waals surface area (Å²) in [6.45, 7) is 0. The van der Waals surface area contributed by atoms with E-state index in [1.165, 1.54) is 19.2 Å². The summed E-state index contributed by atoms with van der Waals surface area (Å²) >= 11 is 0. The maximum Gasteiger partial charge on any atom is 0.317 e. The summed E-state index contributed by atoms with van der Waals surface area (Å²) in [6.07, 6.45) is 0. The maximum absolute atomic E-state index is 14.5. The van der Waals surface area contributed by atoms with E-state index < -0.39 is 39.3 Å². The molecule has 0 saturated carbocycles. The number of carbonyl (C=O) groups excluding carboxylic acids is 1. The van der Waals surface area contributed by atoms with E-state index in [4.69, 9.17) is 4.42 Å². The number of nitrogens with one attached hydrogen (secondary N) is 1. The second-order valence-corrected chi connectivity index (χ2v) is 5.08. The summed E-state index contributed by atoms with van der Waals surface area (Å²) in [6, 6.07) is 5.68. The lowest BCUT2D eigenvalue weighted by Gasteiger charge is -2.03. The SMILES string of the molecule is CNC(=O)c1c(-c2ccc(F)cc2)oc2cc([N+](=O)[O-])c(O)c(F)c12. The predicted octanol–water partition coefficient (Wildman–Crippen LogP) is 3.35. The smallest absolute Gasteiger partial charge is 0.317 e. The highest BCUT2D eigenvalue weighted by Crippen LogP contribution is 2.41. The van der Waals surface area contributed by atoms with Crippen molar-refractivity contribution < 1.29 is 28.0 Å². The Bertz CT molecular complexity index is 1010. The molecule has 9 heteroatoms. The zero-order valence-corrected chi connectivity index (χ0v) is 12.7. The third-order valence-corrected chi connectivity index (χ3v) is 3.63. The molecule has 0 aliphatic carbocycles. The minimum Gasteiger partial charge on any atom is -0.500 e. The molecule has 0 saturated heterocycles. The van der Waals surface area contributed by atoms with Gasteiger partial charge in [-0.05, 0) is 24.3 Å². The summed E-state index contributed by atoms with van der Waals surface area (Å²) in [5.41, 5.74) is -1.18. The fraction of sp³-hybridized carbons (Fsp3) is 0.0625. The van der Waals surface area contributed by atoms with Crippen molar-refractivity contribution in [3.05, 3.63) is 57.6 Å². The van der Waals surface area contributed by atoms with Crippen LogP contribution in [-0.4, -0.2) is 23.0 Å². The first kappa shape index (κ1) is 16.4. The number of halogens is 2. The molecule has 0 radical (unpaired) electrons. The van der Waals surface area contributed by atoms with Crippen molar-refractivity contribution in [3.63, 3.8) is 0 Å². The number of hydrogen-bond donors (Lipinski definition) is 2. The molecular formula is C16H10F2N2O5. The molecule has 25 heavy (non-hydrogen) atoms. The van der Waals surface area contributed by atoms with Gasteiger partial charge in [-0.25, -0.2) is 8.78 Å². The fourth-order valence-corrected chi connectivity index (χ4v) is 2.48. The minimum absolute atomic E-state index is 0.104. The van der Waals surface area contributed by atoms with E-state index in [1.807, 2.05) is 0 Å². The number of phenols is 1. The maximum atomic E-state index is 14.5. The topological polar surface area (TPSA) is 106 Å². The van der Waals surface area contributed by atoms with Crippen molar-refractivity contribution in [1.29, 1.82) is 0 Å². The van der Waals surface area contributed by atoms with Gasteiger partial charge in [-0.3, -0.25) is 14.9 Å². The van der Waals surface area contributed by atoms with Crippen LogP contribution in [0.4, 0.5) is 14.5 Å². The Morgan fingerprint density at radius 3 is 2.48 bits per heavy atom.